The molecule has 2 heterocycles. The average Bonchev–Trinajstić information content (AvgIpc) is 3.19. The van der Waals surface area contributed by atoms with Crippen LogP contribution < -0.4 is 0 Å². The van der Waals surface area contributed by atoms with E-state index >= 15 is 0 Å². The molecule has 2 aromatic carbocycles. The quantitative estimate of drug-likeness (QED) is 0.576. The molecule has 134 valence electrons. The normalized spacial score (nSPS) is 12.3. The maximum absolute atomic E-state index is 13.9. The van der Waals surface area contributed by atoms with Crippen molar-refractivity contribution in [3.8, 4) is 5.69 Å². The van der Waals surface area contributed by atoms with Gasteiger partial charge < -0.3 is 9.30 Å². The molecule has 0 radical (unpaired) electrons. The topological polar surface area (TPSA) is 42.8 Å². The molecule has 1 N–H and O–H groups in total. The van der Waals surface area contributed by atoms with Crippen molar-refractivity contribution >= 4 is 21.8 Å². The number of halogens is 2. The van der Waals surface area contributed by atoms with Gasteiger partial charge in [-0.15, -0.1) is 0 Å². The molecule has 0 aliphatic rings. The highest BCUT2D eigenvalue weighted by Gasteiger charge is 2.27. The Labute approximate surface area is 149 Å². The summed E-state index contributed by atoms with van der Waals surface area (Å²) in [5.74, 6) is -1.73. The van der Waals surface area contributed by atoms with E-state index in [1.807, 2.05) is 16.7 Å². The van der Waals surface area contributed by atoms with Gasteiger partial charge >= 0.3 is 0 Å². The largest absolute Gasteiger partial charge is 0.384 e. The third kappa shape index (κ3) is 2.57. The van der Waals surface area contributed by atoms with Crippen LogP contribution in [-0.4, -0.2) is 28.5 Å². The molecule has 4 aromatic rings. The fourth-order valence-electron chi connectivity index (χ4n) is 3.48. The number of aromatic amines is 1. The highest BCUT2D eigenvalue weighted by molar-refractivity contribution is 5.96. The van der Waals surface area contributed by atoms with E-state index in [1.54, 1.807) is 19.4 Å². The molecule has 4 nitrogen and oxygen atoms in total. The van der Waals surface area contributed by atoms with Gasteiger partial charge in [0, 0.05) is 40.7 Å². The Hall–Kier alpha value is -2.73. The molecule has 26 heavy (non-hydrogen) atoms. The maximum atomic E-state index is 13.9. The van der Waals surface area contributed by atoms with Crippen LogP contribution in [0, 0.1) is 11.6 Å². The number of H-pyrrole nitrogens is 1. The van der Waals surface area contributed by atoms with Crippen LogP contribution in [0.25, 0.3) is 27.5 Å². The summed E-state index contributed by atoms with van der Waals surface area (Å²) in [7, 11) is 1.65. The second-order valence-corrected chi connectivity index (χ2v) is 7.15. The molecule has 0 amide bonds. The minimum atomic E-state index is -0.871. The monoisotopic (exact) mass is 355 g/mol. The van der Waals surface area contributed by atoms with Crippen LogP contribution in [0.2, 0.25) is 0 Å². The van der Waals surface area contributed by atoms with Crippen LogP contribution in [0.5, 0.6) is 0 Å². The number of rotatable bonds is 4. The van der Waals surface area contributed by atoms with Crippen molar-refractivity contribution in [2.24, 2.45) is 0 Å². The number of methoxy groups -OCH3 is 1. The fourth-order valence-corrected chi connectivity index (χ4v) is 3.48. The minimum absolute atomic E-state index is 0.329. The van der Waals surface area contributed by atoms with E-state index in [0.29, 0.717) is 12.3 Å². The predicted octanol–water partition coefficient (Wildman–Crippen LogP) is 4.71. The fraction of sp³-hybridized carbons (Fsp3) is 0.250. The van der Waals surface area contributed by atoms with Crippen molar-refractivity contribution in [1.82, 2.24) is 14.8 Å². The van der Waals surface area contributed by atoms with Crippen LogP contribution in [0.3, 0.4) is 0 Å². The van der Waals surface area contributed by atoms with E-state index < -0.39 is 11.6 Å². The molecule has 0 fully saturated rings. The number of hydrogen-bond donors (Lipinski definition) is 1. The standard InChI is InChI=1S/C20H19F2N3O/c1-20(2,11-26-3)19-8-12-6-17-13(10-23-24-17)7-18(12)25(19)14-4-5-15(21)16(22)9-14/h4-10H,11H2,1-3H3,(H,23,24). The lowest BCUT2D eigenvalue weighted by Crippen LogP contribution is -2.26. The Morgan fingerprint density at radius 3 is 2.62 bits per heavy atom. The molecule has 2 aromatic heterocycles. The second kappa shape index (κ2) is 5.92. The van der Waals surface area contributed by atoms with Gasteiger partial charge in [0.15, 0.2) is 11.6 Å². The summed E-state index contributed by atoms with van der Waals surface area (Å²) in [6, 6.07) is 10.0. The first-order valence-corrected chi connectivity index (χ1v) is 8.34. The Morgan fingerprint density at radius 2 is 1.88 bits per heavy atom. The highest BCUT2D eigenvalue weighted by Crippen LogP contribution is 2.35. The smallest absolute Gasteiger partial charge is 0.160 e. The number of nitrogens with one attached hydrogen (secondary N) is 1. The van der Waals surface area contributed by atoms with E-state index in [-0.39, 0.29) is 5.41 Å². The number of hydrogen-bond acceptors (Lipinski definition) is 2. The van der Waals surface area contributed by atoms with Crippen LogP contribution in [0.4, 0.5) is 8.78 Å². The molecule has 0 bridgehead atoms. The lowest BCUT2D eigenvalue weighted by atomic mass is 9.90. The first-order chi connectivity index (χ1) is 12.4. The lowest BCUT2D eigenvalue weighted by Gasteiger charge is -2.26. The minimum Gasteiger partial charge on any atom is -0.384 e. The number of aromatic nitrogens is 3. The SMILES string of the molecule is COCC(C)(C)c1cc2cc3[nH]ncc3cc2n1-c1ccc(F)c(F)c1. The Bertz CT molecular complexity index is 1110. The van der Waals surface area contributed by atoms with Crippen LogP contribution >= 0.6 is 0 Å². The third-order valence-corrected chi connectivity index (χ3v) is 4.72. The van der Waals surface area contributed by atoms with Gasteiger partial charge in [-0.2, -0.15) is 5.10 Å². The van der Waals surface area contributed by atoms with Crippen LogP contribution in [0.15, 0.2) is 42.6 Å². The van der Waals surface area contributed by atoms with E-state index in [9.17, 15) is 8.78 Å². The lowest BCUT2D eigenvalue weighted by molar-refractivity contribution is 0.144. The van der Waals surface area contributed by atoms with E-state index in [4.69, 9.17) is 4.74 Å². The van der Waals surface area contributed by atoms with Gasteiger partial charge in [0.1, 0.15) is 0 Å². The number of nitrogens with zero attached hydrogens (tertiary/aromatic N) is 2. The number of ether oxygens (including phenoxy) is 1. The van der Waals surface area contributed by atoms with Crippen molar-refractivity contribution in [3.63, 3.8) is 0 Å². The molecular formula is C20H19F2N3O. The number of benzene rings is 2. The van der Waals surface area contributed by atoms with Crippen LogP contribution in [0.1, 0.15) is 19.5 Å². The maximum Gasteiger partial charge on any atom is 0.160 e. The van der Waals surface area contributed by atoms with Crippen molar-refractivity contribution in [2.45, 2.75) is 19.3 Å². The van der Waals surface area contributed by atoms with Gasteiger partial charge in [0.05, 0.1) is 23.8 Å². The summed E-state index contributed by atoms with van der Waals surface area (Å²) in [4.78, 5) is 0. The van der Waals surface area contributed by atoms with Crippen molar-refractivity contribution in [2.75, 3.05) is 13.7 Å². The molecule has 0 saturated heterocycles. The van der Waals surface area contributed by atoms with Gasteiger partial charge in [-0.05, 0) is 30.3 Å². The molecule has 0 saturated carbocycles. The summed E-state index contributed by atoms with van der Waals surface area (Å²) >= 11 is 0. The molecule has 0 aliphatic heterocycles. The first-order valence-electron chi connectivity index (χ1n) is 8.34. The van der Waals surface area contributed by atoms with Crippen LogP contribution in [-0.2, 0) is 10.2 Å². The number of fused-ring (bicyclic) bond motifs is 2. The van der Waals surface area contributed by atoms with Crippen molar-refractivity contribution in [3.05, 3.63) is 59.9 Å². The zero-order valence-electron chi connectivity index (χ0n) is 14.8. The van der Waals surface area contributed by atoms with Gasteiger partial charge in [0.25, 0.3) is 0 Å². The molecule has 6 heteroatoms. The van der Waals surface area contributed by atoms with E-state index in [1.165, 1.54) is 6.07 Å². The van der Waals surface area contributed by atoms with Crippen molar-refractivity contribution < 1.29 is 13.5 Å². The predicted molar refractivity (Wildman–Crippen MR) is 97.7 cm³/mol. The first kappa shape index (κ1) is 16.7. The van der Waals surface area contributed by atoms with E-state index in [2.05, 4.69) is 30.1 Å². The zero-order chi connectivity index (χ0) is 18.5. The van der Waals surface area contributed by atoms with Gasteiger partial charge in [-0.1, -0.05) is 13.8 Å². The summed E-state index contributed by atoms with van der Waals surface area (Å²) in [5.41, 5.74) is 3.03. The van der Waals surface area contributed by atoms with Gasteiger partial charge in [-0.3, -0.25) is 5.10 Å². The zero-order valence-corrected chi connectivity index (χ0v) is 14.8. The van der Waals surface area contributed by atoms with E-state index in [0.717, 1.165) is 33.6 Å². The third-order valence-electron chi connectivity index (χ3n) is 4.72. The summed E-state index contributed by atoms with van der Waals surface area (Å²) in [5, 5.41) is 8.98. The molecule has 0 unspecified atom stereocenters. The molecule has 0 atom stereocenters. The Morgan fingerprint density at radius 1 is 1.08 bits per heavy atom. The molecule has 4 rings (SSSR count). The Balaban J connectivity index is 2.06. The second-order valence-electron chi connectivity index (χ2n) is 7.15. The summed E-state index contributed by atoms with van der Waals surface area (Å²) in [6.07, 6.45) is 1.75. The van der Waals surface area contributed by atoms with Crippen molar-refractivity contribution in [1.29, 1.82) is 0 Å². The average molecular weight is 355 g/mol. The van der Waals surface area contributed by atoms with Gasteiger partial charge in [-0.25, -0.2) is 8.78 Å². The molecular weight excluding hydrogens is 336 g/mol. The van der Waals surface area contributed by atoms with Gasteiger partial charge in [0.2, 0.25) is 0 Å². The molecule has 0 spiro atoms. The Kier molecular flexibility index (Phi) is 3.80. The summed E-state index contributed by atoms with van der Waals surface area (Å²) in [6.45, 7) is 4.62. The highest BCUT2D eigenvalue weighted by atomic mass is 19.2. The summed E-state index contributed by atoms with van der Waals surface area (Å²) < 4.78 is 34.7. The molecule has 0 aliphatic carbocycles.